The van der Waals surface area contributed by atoms with Gasteiger partial charge in [0.15, 0.2) is 0 Å². The van der Waals surface area contributed by atoms with E-state index >= 15 is 0 Å². The molecule has 20 heavy (non-hydrogen) atoms. The monoisotopic (exact) mass is 299 g/mol. The van der Waals surface area contributed by atoms with Crippen molar-refractivity contribution in [2.75, 3.05) is 5.32 Å². The van der Waals surface area contributed by atoms with Crippen molar-refractivity contribution in [2.24, 2.45) is 0 Å². The molecule has 1 heterocycles. The number of halogens is 1. The van der Waals surface area contributed by atoms with Crippen LogP contribution in [-0.4, -0.2) is 0 Å². The Balaban J connectivity index is 1.69. The lowest BCUT2D eigenvalue weighted by Crippen LogP contribution is -1.96. The summed E-state index contributed by atoms with van der Waals surface area (Å²) in [5.74, 6) is 0. The van der Waals surface area contributed by atoms with E-state index in [1.54, 1.807) is 11.3 Å². The lowest BCUT2D eigenvalue weighted by molar-refractivity contribution is 1.19. The summed E-state index contributed by atoms with van der Waals surface area (Å²) in [5, 5.41) is 6.35. The number of nitrogens with one attached hydrogen (secondary N) is 1. The first-order valence-corrected chi connectivity index (χ1v) is 7.69. The number of hydrogen-bond acceptors (Lipinski definition) is 2. The smallest absolute Gasteiger partial charge is 0.0494 e. The molecule has 3 aromatic rings. The topological polar surface area (TPSA) is 12.0 Å². The SMILES string of the molecule is Clc1cccc(NCc2cc(-c3ccccc3)cs2)c1. The fraction of sp³-hybridized carbons (Fsp3) is 0.0588. The molecule has 0 saturated heterocycles. The van der Waals surface area contributed by atoms with Gasteiger partial charge in [0.1, 0.15) is 0 Å². The average molecular weight is 300 g/mol. The zero-order valence-corrected chi connectivity index (χ0v) is 12.4. The van der Waals surface area contributed by atoms with E-state index in [1.165, 1.54) is 16.0 Å². The molecule has 0 amide bonds. The largest absolute Gasteiger partial charge is 0.380 e. The van der Waals surface area contributed by atoms with E-state index < -0.39 is 0 Å². The third-order valence-electron chi connectivity index (χ3n) is 3.05. The van der Waals surface area contributed by atoms with Gasteiger partial charge in [0, 0.05) is 22.1 Å². The van der Waals surface area contributed by atoms with E-state index in [0.717, 1.165) is 17.3 Å². The minimum atomic E-state index is 0.756. The van der Waals surface area contributed by atoms with Crippen LogP contribution >= 0.6 is 22.9 Å². The fourth-order valence-electron chi connectivity index (χ4n) is 2.04. The van der Waals surface area contributed by atoms with Crippen molar-refractivity contribution in [3.63, 3.8) is 0 Å². The molecule has 0 bridgehead atoms. The molecule has 0 aliphatic rings. The van der Waals surface area contributed by atoms with Crippen molar-refractivity contribution in [1.29, 1.82) is 0 Å². The summed E-state index contributed by atoms with van der Waals surface area (Å²) in [4.78, 5) is 1.31. The predicted octanol–water partition coefficient (Wildman–Crippen LogP) is 5.68. The van der Waals surface area contributed by atoms with Crippen molar-refractivity contribution in [3.8, 4) is 11.1 Å². The Morgan fingerprint density at radius 3 is 2.55 bits per heavy atom. The Morgan fingerprint density at radius 1 is 0.900 bits per heavy atom. The lowest BCUT2D eigenvalue weighted by Gasteiger charge is -2.04. The Hall–Kier alpha value is -1.77. The number of hydrogen-bond donors (Lipinski definition) is 1. The highest BCUT2D eigenvalue weighted by Crippen LogP contribution is 2.26. The average Bonchev–Trinajstić information content (AvgIpc) is 2.95. The van der Waals surface area contributed by atoms with Crippen LogP contribution in [0.5, 0.6) is 0 Å². The lowest BCUT2D eigenvalue weighted by atomic mass is 10.1. The summed E-state index contributed by atoms with van der Waals surface area (Å²) < 4.78 is 0. The second kappa shape index (κ2) is 6.12. The molecule has 0 saturated carbocycles. The highest BCUT2D eigenvalue weighted by atomic mass is 35.5. The summed E-state index contributed by atoms with van der Waals surface area (Å²) in [6.07, 6.45) is 0. The maximum Gasteiger partial charge on any atom is 0.0494 e. The highest BCUT2D eigenvalue weighted by molar-refractivity contribution is 7.10. The Bertz CT molecular complexity index is 691. The molecule has 3 heteroatoms. The molecule has 0 aliphatic heterocycles. The van der Waals surface area contributed by atoms with Gasteiger partial charge in [0.05, 0.1) is 0 Å². The standard InChI is InChI=1S/C17H14ClNS/c18-15-7-4-8-16(10-15)19-11-17-9-14(12-20-17)13-5-2-1-3-6-13/h1-10,12,19H,11H2. The Kier molecular flexibility index (Phi) is 4.05. The van der Waals surface area contributed by atoms with Crippen LogP contribution in [-0.2, 0) is 6.54 Å². The van der Waals surface area contributed by atoms with Crippen LogP contribution in [0.25, 0.3) is 11.1 Å². The molecule has 0 atom stereocenters. The maximum atomic E-state index is 5.97. The first-order valence-electron chi connectivity index (χ1n) is 6.43. The van der Waals surface area contributed by atoms with Crippen molar-refractivity contribution in [3.05, 3.63) is 75.9 Å². The van der Waals surface area contributed by atoms with Gasteiger partial charge in [0.2, 0.25) is 0 Å². The summed E-state index contributed by atoms with van der Waals surface area (Å²) in [6.45, 7) is 0.817. The summed E-state index contributed by atoms with van der Waals surface area (Å²) >= 11 is 7.75. The van der Waals surface area contributed by atoms with E-state index in [0.29, 0.717) is 0 Å². The molecule has 3 rings (SSSR count). The molecule has 2 aromatic carbocycles. The quantitative estimate of drug-likeness (QED) is 0.653. The second-order valence-corrected chi connectivity index (χ2v) is 5.96. The van der Waals surface area contributed by atoms with Crippen LogP contribution < -0.4 is 5.32 Å². The number of anilines is 1. The number of rotatable bonds is 4. The van der Waals surface area contributed by atoms with Crippen LogP contribution in [0.3, 0.4) is 0 Å². The van der Waals surface area contributed by atoms with Crippen LogP contribution in [0, 0.1) is 0 Å². The molecule has 0 spiro atoms. The van der Waals surface area contributed by atoms with Gasteiger partial charge in [-0.05, 0) is 40.8 Å². The van der Waals surface area contributed by atoms with Gasteiger partial charge in [0.25, 0.3) is 0 Å². The molecule has 1 aromatic heterocycles. The summed E-state index contributed by atoms with van der Waals surface area (Å²) in [5.41, 5.74) is 3.59. The van der Waals surface area contributed by atoms with Gasteiger partial charge in [-0.2, -0.15) is 0 Å². The van der Waals surface area contributed by atoms with Crippen LogP contribution in [0.15, 0.2) is 66.0 Å². The predicted molar refractivity (Wildman–Crippen MR) is 88.5 cm³/mol. The van der Waals surface area contributed by atoms with Crippen LogP contribution in [0.2, 0.25) is 5.02 Å². The minimum Gasteiger partial charge on any atom is -0.380 e. The van der Waals surface area contributed by atoms with Crippen molar-refractivity contribution < 1.29 is 0 Å². The molecule has 1 nitrogen and oxygen atoms in total. The number of benzene rings is 2. The molecular weight excluding hydrogens is 286 g/mol. The third-order valence-corrected chi connectivity index (χ3v) is 4.22. The maximum absolute atomic E-state index is 5.97. The molecule has 100 valence electrons. The van der Waals surface area contributed by atoms with Gasteiger partial charge in [-0.15, -0.1) is 11.3 Å². The van der Waals surface area contributed by atoms with E-state index in [4.69, 9.17) is 11.6 Å². The van der Waals surface area contributed by atoms with Gasteiger partial charge in [-0.3, -0.25) is 0 Å². The first kappa shape index (κ1) is 13.2. The van der Waals surface area contributed by atoms with Gasteiger partial charge < -0.3 is 5.32 Å². The van der Waals surface area contributed by atoms with Crippen LogP contribution in [0.1, 0.15) is 4.88 Å². The fourth-order valence-corrected chi connectivity index (χ4v) is 3.07. The normalized spacial score (nSPS) is 10.4. The molecule has 0 fully saturated rings. The van der Waals surface area contributed by atoms with E-state index in [9.17, 15) is 0 Å². The van der Waals surface area contributed by atoms with Gasteiger partial charge in [-0.25, -0.2) is 0 Å². The highest BCUT2D eigenvalue weighted by Gasteiger charge is 2.02. The molecule has 0 radical (unpaired) electrons. The zero-order valence-electron chi connectivity index (χ0n) is 10.8. The van der Waals surface area contributed by atoms with E-state index in [2.05, 4.69) is 41.0 Å². The van der Waals surface area contributed by atoms with Crippen molar-refractivity contribution in [1.82, 2.24) is 0 Å². The zero-order chi connectivity index (χ0) is 13.8. The van der Waals surface area contributed by atoms with E-state index in [1.807, 2.05) is 30.3 Å². The summed E-state index contributed by atoms with van der Waals surface area (Å²) in [7, 11) is 0. The van der Waals surface area contributed by atoms with Gasteiger partial charge in [-0.1, -0.05) is 48.0 Å². The van der Waals surface area contributed by atoms with Crippen LogP contribution in [0.4, 0.5) is 5.69 Å². The molecule has 1 N–H and O–H groups in total. The number of thiophene rings is 1. The molecule has 0 aliphatic carbocycles. The Labute approximate surface area is 127 Å². The summed E-state index contributed by atoms with van der Waals surface area (Å²) in [6, 6.07) is 20.5. The second-order valence-electron chi connectivity index (χ2n) is 4.53. The first-order chi connectivity index (χ1) is 9.81. The van der Waals surface area contributed by atoms with Gasteiger partial charge >= 0.3 is 0 Å². The molecular formula is C17H14ClNS. The third kappa shape index (κ3) is 3.21. The van der Waals surface area contributed by atoms with Crippen molar-refractivity contribution in [2.45, 2.75) is 6.54 Å². The van der Waals surface area contributed by atoms with Crippen molar-refractivity contribution >= 4 is 28.6 Å². The molecule has 0 unspecified atom stereocenters. The van der Waals surface area contributed by atoms with E-state index in [-0.39, 0.29) is 0 Å². The Morgan fingerprint density at radius 2 is 1.75 bits per heavy atom. The minimum absolute atomic E-state index is 0.756.